The zero-order valence-electron chi connectivity index (χ0n) is 10.4. The fourth-order valence-corrected chi connectivity index (χ4v) is 3.30. The first-order valence-electron chi connectivity index (χ1n) is 6.51. The highest BCUT2D eigenvalue weighted by Crippen LogP contribution is 2.40. The Bertz CT molecular complexity index is 434. The van der Waals surface area contributed by atoms with Crippen LogP contribution in [0.5, 0.6) is 0 Å². The zero-order valence-corrected chi connectivity index (χ0v) is 11.9. The number of hydrogen-bond donors (Lipinski definition) is 0. The number of hydrogen-bond acceptors (Lipinski definition) is 1. The fraction of sp³-hybridized carbons (Fsp3) is 0.533. The van der Waals surface area contributed by atoms with Crippen LogP contribution in [0.2, 0.25) is 10.0 Å². The summed E-state index contributed by atoms with van der Waals surface area (Å²) in [7, 11) is 0. The van der Waals surface area contributed by atoms with Gasteiger partial charge in [-0.2, -0.15) is 5.26 Å². The third-order valence-electron chi connectivity index (χ3n) is 3.87. The molecule has 3 heteroatoms. The summed E-state index contributed by atoms with van der Waals surface area (Å²) in [6, 6.07) is 8.09. The summed E-state index contributed by atoms with van der Waals surface area (Å²) in [5, 5.41) is 10.9. The van der Waals surface area contributed by atoms with E-state index < -0.39 is 0 Å². The molecule has 0 atom stereocenters. The summed E-state index contributed by atoms with van der Waals surface area (Å²) in [5.74, 6) is 0. The number of benzene rings is 1. The Morgan fingerprint density at radius 1 is 1.06 bits per heavy atom. The molecule has 96 valence electrons. The molecule has 1 aromatic carbocycles. The van der Waals surface area contributed by atoms with Crippen molar-refractivity contribution in [3.8, 4) is 6.07 Å². The molecule has 1 nitrogen and oxygen atoms in total. The van der Waals surface area contributed by atoms with Gasteiger partial charge in [0, 0.05) is 10.0 Å². The monoisotopic (exact) mass is 281 g/mol. The van der Waals surface area contributed by atoms with Crippen molar-refractivity contribution in [1.82, 2.24) is 0 Å². The van der Waals surface area contributed by atoms with Gasteiger partial charge in [-0.15, -0.1) is 0 Å². The Kier molecular flexibility index (Phi) is 4.54. The van der Waals surface area contributed by atoms with Crippen molar-refractivity contribution in [3.63, 3.8) is 0 Å². The van der Waals surface area contributed by atoms with Gasteiger partial charge < -0.3 is 0 Å². The molecule has 1 aliphatic carbocycles. The number of nitriles is 1. The molecule has 1 aromatic rings. The van der Waals surface area contributed by atoms with Crippen LogP contribution in [0.1, 0.15) is 44.1 Å². The van der Waals surface area contributed by atoms with Crippen LogP contribution < -0.4 is 0 Å². The SMILES string of the molecule is N#CC1(Cc2c(Cl)cccc2Cl)CCCCCC1. The minimum atomic E-state index is -0.273. The predicted molar refractivity (Wildman–Crippen MR) is 75.9 cm³/mol. The minimum absolute atomic E-state index is 0.273. The Hall–Kier alpha value is -0.710. The van der Waals surface area contributed by atoms with E-state index in [0.717, 1.165) is 31.2 Å². The van der Waals surface area contributed by atoms with Crippen molar-refractivity contribution in [2.45, 2.75) is 44.9 Å². The summed E-state index contributed by atoms with van der Waals surface area (Å²) in [6.07, 6.45) is 7.35. The first-order valence-corrected chi connectivity index (χ1v) is 7.27. The van der Waals surface area contributed by atoms with Gasteiger partial charge in [-0.3, -0.25) is 0 Å². The summed E-state index contributed by atoms with van der Waals surface area (Å²) >= 11 is 12.4. The molecular weight excluding hydrogens is 265 g/mol. The van der Waals surface area contributed by atoms with Gasteiger partial charge in [0.25, 0.3) is 0 Å². The Morgan fingerprint density at radius 3 is 2.11 bits per heavy atom. The van der Waals surface area contributed by atoms with E-state index in [2.05, 4.69) is 6.07 Å². The van der Waals surface area contributed by atoms with E-state index in [4.69, 9.17) is 23.2 Å². The predicted octanol–water partition coefficient (Wildman–Crippen LogP) is 5.40. The molecule has 1 saturated carbocycles. The van der Waals surface area contributed by atoms with Crippen molar-refractivity contribution >= 4 is 23.2 Å². The van der Waals surface area contributed by atoms with Gasteiger partial charge in [0.1, 0.15) is 0 Å². The standard InChI is InChI=1S/C15H17Cl2N/c16-13-6-5-7-14(17)12(13)10-15(11-18)8-3-1-2-4-9-15/h5-7H,1-4,8-10H2. The lowest BCUT2D eigenvalue weighted by atomic mass is 9.77. The van der Waals surface area contributed by atoms with E-state index in [1.165, 1.54) is 12.8 Å². The van der Waals surface area contributed by atoms with Crippen LogP contribution in [0.3, 0.4) is 0 Å². The Labute approximate surface area is 119 Å². The lowest BCUT2D eigenvalue weighted by molar-refractivity contribution is 0.339. The first-order chi connectivity index (χ1) is 8.67. The highest BCUT2D eigenvalue weighted by molar-refractivity contribution is 6.36. The molecule has 0 bridgehead atoms. The van der Waals surface area contributed by atoms with Gasteiger partial charge in [-0.05, 0) is 37.0 Å². The molecular formula is C15H17Cl2N. The molecule has 0 spiro atoms. The molecule has 0 heterocycles. The van der Waals surface area contributed by atoms with E-state index in [1.807, 2.05) is 18.2 Å². The molecule has 1 fully saturated rings. The quantitative estimate of drug-likeness (QED) is 0.666. The van der Waals surface area contributed by atoms with E-state index in [0.29, 0.717) is 16.5 Å². The average Bonchev–Trinajstić information content (AvgIpc) is 2.60. The van der Waals surface area contributed by atoms with E-state index in [9.17, 15) is 5.26 Å². The maximum atomic E-state index is 9.57. The average molecular weight is 282 g/mol. The molecule has 18 heavy (non-hydrogen) atoms. The second kappa shape index (κ2) is 5.95. The van der Waals surface area contributed by atoms with Crippen LogP contribution in [-0.2, 0) is 6.42 Å². The van der Waals surface area contributed by atoms with Gasteiger partial charge in [0.15, 0.2) is 0 Å². The summed E-state index contributed by atoms with van der Waals surface area (Å²) < 4.78 is 0. The lowest BCUT2D eigenvalue weighted by Crippen LogP contribution is -2.21. The second-order valence-electron chi connectivity index (χ2n) is 5.18. The molecule has 2 rings (SSSR count). The molecule has 0 radical (unpaired) electrons. The van der Waals surface area contributed by atoms with E-state index >= 15 is 0 Å². The highest BCUT2D eigenvalue weighted by atomic mass is 35.5. The third kappa shape index (κ3) is 2.99. The van der Waals surface area contributed by atoms with Crippen molar-refractivity contribution < 1.29 is 0 Å². The zero-order chi connectivity index (χ0) is 13.0. The van der Waals surface area contributed by atoms with Crippen LogP contribution >= 0.6 is 23.2 Å². The summed E-state index contributed by atoms with van der Waals surface area (Å²) in [6.45, 7) is 0. The lowest BCUT2D eigenvalue weighted by Gasteiger charge is -2.25. The van der Waals surface area contributed by atoms with Crippen molar-refractivity contribution in [2.75, 3.05) is 0 Å². The molecule has 0 unspecified atom stereocenters. The molecule has 0 aromatic heterocycles. The smallest absolute Gasteiger partial charge is 0.0693 e. The second-order valence-corrected chi connectivity index (χ2v) is 6.00. The molecule has 0 N–H and O–H groups in total. The van der Waals surface area contributed by atoms with Gasteiger partial charge in [-0.1, -0.05) is 55.0 Å². The first kappa shape index (κ1) is 13.7. The largest absolute Gasteiger partial charge is 0.198 e. The topological polar surface area (TPSA) is 23.8 Å². The van der Waals surface area contributed by atoms with Gasteiger partial charge >= 0.3 is 0 Å². The van der Waals surface area contributed by atoms with Crippen LogP contribution in [0.25, 0.3) is 0 Å². The Balaban J connectivity index is 2.27. The molecule has 0 aliphatic heterocycles. The van der Waals surface area contributed by atoms with Crippen molar-refractivity contribution in [1.29, 1.82) is 5.26 Å². The maximum Gasteiger partial charge on any atom is 0.0693 e. The highest BCUT2D eigenvalue weighted by Gasteiger charge is 2.32. The van der Waals surface area contributed by atoms with E-state index in [1.54, 1.807) is 0 Å². The van der Waals surface area contributed by atoms with Crippen LogP contribution in [-0.4, -0.2) is 0 Å². The molecule has 1 aliphatic rings. The van der Waals surface area contributed by atoms with Gasteiger partial charge in [-0.25, -0.2) is 0 Å². The minimum Gasteiger partial charge on any atom is -0.198 e. The summed E-state index contributed by atoms with van der Waals surface area (Å²) in [4.78, 5) is 0. The molecule has 0 amide bonds. The van der Waals surface area contributed by atoms with Gasteiger partial charge in [0.05, 0.1) is 11.5 Å². The maximum absolute atomic E-state index is 9.57. The van der Waals surface area contributed by atoms with Crippen LogP contribution in [0.15, 0.2) is 18.2 Å². The number of nitrogens with zero attached hydrogens (tertiary/aromatic N) is 1. The van der Waals surface area contributed by atoms with Gasteiger partial charge in [0.2, 0.25) is 0 Å². The van der Waals surface area contributed by atoms with Crippen LogP contribution in [0.4, 0.5) is 0 Å². The van der Waals surface area contributed by atoms with Crippen molar-refractivity contribution in [2.24, 2.45) is 5.41 Å². The fourth-order valence-electron chi connectivity index (χ4n) is 2.77. The van der Waals surface area contributed by atoms with Crippen LogP contribution in [0, 0.1) is 16.7 Å². The normalized spacial score (nSPS) is 18.9. The third-order valence-corrected chi connectivity index (χ3v) is 4.58. The molecule has 0 saturated heterocycles. The number of halogens is 2. The Morgan fingerprint density at radius 2 is 1.61 bits per heavy atom. The summed E-state index contributed by atoms with van der Waals surface area (Å²) in [5.41, 5.74) is 0.662. The van der Waals surface area contributed by atoms with E-state index in [-0.39, 0.29) is 5.41 Å². The van der Waals surface area contributed by atoms with Crippen molar-refractivity contribution in [3.05, 3.63) is 33.8 Å². The number of rotatable bonds is 2.